The van der Waals surface area contributed by atoms with Gasteiger partial charge in [0.2, 0.25) is 11.8 Å². The van der Waals surface area contributed by atoms with E-state index in [1.54, 1.807) is 4.90 Å². The van der Waals surface area contributed by atoms with Crippen molar-refractivity contribution in [2.75, 3.05) is 20.1 Å². The number of nitrogens with one attached hydrogen (secondary N) is 1. The van der Waals surface area contributed by atoms with Crippen molar-refractivity contribution in [1.29, 1.82) is 0 Å². The molecule has 0 aromatic carbocycles. The van der Waals surface area contributed by atoms with E-state index in [2.05, 4.69) is 5.32 Å². The summed E-state index contributed by atoms with van der Waals surface area (Å²) >= 11 is 0. The van der Waals surface area contributed by atoms with Crippen LogP contribution in [0.2, 0.25) is 0 Å². The average molecular weight is 255 g/mol. The van der Waals surface area contributed by atoms with E-state index < -0.39 is 11.8 Å². The lowest BCUT2D eigenvalue weighted by molar-refractivity contribution is -0.158. The molecule has 1 saturated heterocycles. The number of alkyl halides is 2. The highest BCUT2D eigenvalue weighted by Crippen LogP contribution is 2.43. The first kappa shape index (κ1) is 13.6. The summed E-state index contributed by atoms with van der Waals surface area (Å²) in [7, 11) is 1.86. The van der Waals surface area contributed by atoms with Gasteiger partial charge in [0, 0.05) is 37.9 Å². The molecule has 2 fully saturated rings. The zero-order valence-corrected chi connectivity index (χ0v) is 10.0. The summed E-state index contributed by atoms with van der Waals surface area (Å²) in [5.41, 5.74) is 0. The number of nitrogens with zero attached hydrogens (tertiary/aromatic N) is 1. The third kappa shape index (κ3) is 2.63. The normalized spacial score (nSPS) is 28.4. The molecule has 0 bridgehead atoms. The van der Waals surface area contributed by atoms with Gasteiger partial charge in [-0.05, 0) is 13.5 Å². The van der Waals surface area contributed by atoms with Gasteiger partial charge in [-0.3, -0.25) is 4.79 Å². The predicted octanol–water partition coefficient (Wildman–Crippen LogP) is 1.27. The van der Waals surface area contributed by atoms with Crippen molar-refractivity contribution in [2.45, 2.75) is 31.2 Å². The molecule has 0 radical (unpaired) electrons. The fraction of sp³-hybridized carbons (Fsp3) is 0.900. The molecular formula is C10H17ClF2N2O. The van der Waals surface area contributed by atoms with Crippen molar-refractivity contribution in [3.63, 3.8) is 0 Å². The van der Waals surface area contributed by atoms with Crippen LogP contribution in [-0.4, -0.2) is 42.9 Å². The Morgan fingerprint density at radius 1 is 1.44 bits per heavy atom. The van der Waals surface area contributed by atoms with Crippen LogP contribution in [0.3, 0.4) is 0 Å². The second kappa shape index (κ2) is 4.84. The molecule has 1 heterocycles. The molecule has 2 rings (SSSR count). The van der Waals surface area contributed by atoms with Crippen LogP contribution in [0.5, 0.6) is 0 Å². The van der Waals surface area contributed by atoms with Gasteiger partial charge in [0.25, 0.3) is 0 Å². The van der Waals surface area contributed by atoms with Crippen molar-refractivity contribution in [2.24, 2.45) is 5.92 Å². The number of likely N-dealkylation sites (tertiary alicyclic amines) is 1. The Hall–Kier alpha value is -0.420. The Morgan fingerprint density at radius 2 is 2.06 bits per heavy atom. The van der Waals surface area contributed by atoms with E-state index in [-0.39, 0.29) is 31.2 Å². The topological polar surface area (TPSA) is 32.3 Å². The monoisotopic (exact) mass is 254 g/mol. The lowest BCUT2D eigenvalue weighted by atomic mass is 9.80. The summed E-state index contributed by atoms with van der Waals surface area (Å²) in [5, 5.41) is 3.10. The third-order valence-corrected chi connectivity index (χ3v) is 3.35. The van der Waals surface area contributed by atoms with E-state index >= 15 is 0 Å². The Morgan fingerprint density at radius 3 is 2.50 bits per heavy atom. The molecule has 1 saturated carbocycles. The zero-order chi connectivity index (χ0) is 11.1. The Bertz CT molecular complexity index is 268. The van der Waals surface area contributed by atoms with Crippen LogP contribution in [0, 0.1) is 5.92 Å². The molecule has 1 atom stereocenters. The highest BCUT2D eigenvalue weighted by Gasteiger charge is 2.50. The number of hydrogen-bond acceptors (Lipinski definition) is 2. The van der Waals surface area contributed by atoms with Crippen molar-refractivity contribution >= 4 is 18.3 Å². The van der Waals surface area contributed by atoms with Crippen LogP contribution in [0.1, 0.15) is 19.3 Å². The van der Waals surface area contributed by atoms with E-state index in [4.69, 9.17) is 0 Å². The molecular weight excluding hydrogens is 238 g/mol. The largest absolute Gasteiger partial charge is 0.341 e. The molecule has 2 aliphatic rings. The van der Waals surface area contributed by atoms with Crippen molar-refractivity contribution in [3.05, 3.63) is 0 Å². The maximum atomic E-state index is 12.6. The van der Waals surface area contributed by atoms with Crippen LogP contribution in [0.25, 0.3) is 0 Å². The number of amides is 1. The first-order valence-electron chi connectivity index (χ1n) is 5.36. The molecule has 3 nitrogen and oxygen atoms in total. The SMILES string of the molecule is CNC1CCN(C(=O)C2CC(F)(F)C2)C1.Cl. The van der Waals surface area contributed by atoms with E-state index in [1.165, 1.54) is 0 Å². The van der Waals surface area contributed by atoms with E-state index in [9.17, 15) is 13.6 Å². The van der Waals surface area contributed by atoms with E-state index in [0.717, 1.165) is 6.42 Å². The first-order valence-corrected chi connectivity index (χ1v) is 5.36. The Labute approximate surface area is 100.0 Å². The fourth-order valence-electron chi connectivity index (χ4n) is 2.29. The van der Waals surface area contributed by atoms with Crippen molar-refractivity contribution in [3.8, 4) is 0 Å². The molecule has 1 amide bonds. The van der Waals surface area contributed by atoms with Gasteiger partial charge < -0.3 is 10.2 Å². The molecule has 1 N–H and O–H groups in total. The minimum atomic E-state index is -2.59. The molecule has 1 aliphatic carbocycles. The number of rotatable bonds is 2. The smallest absolute Gasteiger partial charge is 0.249 e. The van der Waals surface area contributed by atoms with Gasteiger partial charge in [0.05, 0.1) is 0 Å². The van der Waals surface area contributed by atoms with Crippen molar-refractivity contribution < 1.29 is 13.6 Å². The second-order valence-corrected chi connectivity index (χ2v) is 4.52. The molecule has 0 aromatic heterocycles. The number of carbonyl (C=O) groups is 1. The van der Waals surface area contributed by atoms with Crippen LogP contribution in [0.15, 0.2) is 0 Å². The minimum Gasteiger partial charge on any atom is -0.341 e. The van der Waals surface area contributed by atoms with E-state index in [1.807, 2.05) is 7.05 Å². The van der Waals surface area contributed by atoms with Gasteiger partial charge in [-0.25, -0.2) is 8.78 Å². The van der Waals surface area contributed by atoms with Gasteiger partial charge >= 0.3 is 0 Å². The number of halogens is 3. The number of carbonyl (C=O) groups excluding carboxylic acids is 1. The molecule has 94 valence electrons. The minimum absolute atomic E-state index is 0. The molecule has 16 heavy (non-hydrogen) atoms. The summed E-state index contributed by atoms with van der Waals surface area (Å²) in [6.07, 6.45) is 0.407. The fourth-order valence-corrected chi connectivity index (χ4v) is 2.29. The summed E-state index contributed by atoms with van der Waals surface area (Å²) in [6, 6.07) is 0.328. The van der Waals surface area contributed by atoms with Crippen LogP contribution >= 0.6 is 12.4 Å². The maximum Gasteiger partial charge on any atom is 0.249 e. The predicted molar refractivity (Wildman–Crippen MR) is 59.0 cm³/mol. The highest BCUT2D eigenvalue weighted by molar-refractivity contribution is 5.85. The lowest BCUT2D eigenvalue weighted by Crippen LogP contribution is -2.46. The van der Waals surface area contributed by atoms with Gasteiger partial charge in [-0.1, -0.05) is 0 Å². The number of likely N-dealkylation sites (N-methyl/N-ethyl adjacent to an activating group) is 1. The summed E-state index contributed by atoms with van der Waals surface area (Å²) in [6.45, 7) is 1.36. The molecule has 1 aliphatic heterocycles. The molecule has 1 unspecified atom stereocenters. The quantitative estimate of drug-likeness (QED) is 0.805. The lowest BCUT2D eigenvalue weighted by Gasteiger charge is -2.36. The molecule has 0 aromatic rings. The van der Waals surface area contributed by atoms with Gasteiger partial charge in [0.1, 0.15) is 0 Å². The zero-order valence-electron chi connectivity index (χ0n) is 9.21. The van der Waals surface area contributed by atoms with Gasteiger partial charge in [-0.2, -0.15) is 0 Å². The molecule has 0 spiro atoms. The molecule has 6 heteroatoms. The Balaban J connectivity index is 0.00000128. The van der Waals surface area contributed by atoms with E-state index in [0.29, 0.717) is 19.1 Å². The number of hydrogen-bond donors (Lipinski definition) is 1. The van der Waals surface area contributed by atoms with Gasteiger partial charge in [0.15, 0.2) is 0 Å². The van der Waals surface area contributed by atoms with Crippen LogP contribution < -0.4 is 5.32 Å². The Kier molecular flexibility index (Phi) is 4.12. The summed E-state index contributed by atoms with van der Waals surface area (Å²) in [5.74, 6) is -3.11. The average Bonchev–Trinajstić information content (AvgIpc) is 2.61. The summed E-state index contributed by atoms with van der Waals surface area (Å²) in [4.78, 5) is 13.5. The highest BCUT2D eigenvalue weighted by atomic mass is 35.5. The van der Waals surface area contributed by atoms with Gasteiger partial charge in [-0.15, -0.1) is 12.4 Å². The second-order valence-electron chi connectivity index (χ2n) is 4.52. The summed E-state index contributed by atoms with van der Waals surface area (Å²) < 4.78 is 25.2. The van der Waals surface area contributed by atoms with Crippen LogP contribution in [-0.2, 0) is 4.79 Å². The van der Waals surface area contributed by atoms with Crippen LogP contribution in [0.4, 0.5) is 8.78 Å². The standard InChI is InChI=1S/C10H16F2N2O.ClH/c1-13-8-2-3-14(6-8)9(15)7-4-10(11,12)5-7;/h7-8,13H,2-6H2,1H3;1H. The third-order valence-electron chi connectivity index (χ3n) is 3.35. The first-order chi connectivity index (χ1) is 7.02. The maximum absolute atomic E-state index is 12.6. The van der Waals surface area contributed by atoms with Crippen molar-refractivity contribution in [1.82, 2.24) is 10.2 Å².